The molecule has 2 atom stereocenters. The lowest BCUT2D eigenvalue weighted by Crippen LogP contribution is -2.47. The molecule has 168 valence electrons. The van der Waals surface area contributed by atoms with Crippen LogP contribution in [0.2, 0.25) is 0 Å². The summed E-state index contributed by atoms with van der Waals surface area (Å²) < 4.78 is 10.4. The lowest BCUT2D eigenvalue weighted by Gasteiger charge is -2.30. The fourth-order valence-electron chi connectivity index (χ4n) is 3.70. The molecule has 0 aliphatic carbocycles. The third kappa shape index (κ3) is 7.50. The molecule has 3 rings (SSSR count). The van der Waals surface area contributed by atoms with Crippen LogP contribution in [0.4, 0.5) is 0 Å². The zero-order valence-corrected chi connectivity index (χ0v) is 17.8. The molecule has 1 aromatic carbocycles. The Labute approximate surface area is 182 Å². The number of aromatic nitrogens is 1. The Hall–Kier alpha value is -2.68. The second-order valence-corrected chi connectivity index (χ2v) is 7.82. The third-order valence-corrected chi connectivity index (χ3v) is 5.35. The van der Waals surface area contributed by atoms with E-state index in [2.05, 4.69) is 15.6 Å². The van der Waals surface area contributed by atoms with Gasteiger partial charge in [-0.1, -0.05) is 0 Å². The maximum Gasteiger partial charge on any atom is 0.339 e. The first-order chi connectivity index (χ1) is 15.0. The summed E-state index contributed by atoms with van der Waals surface area (Å²) in [5.74, 6) is 0.356. The molecular formula is C23H31N3O5. The van der Waals surface area contributed by atoms with Gasteiger partial charge < -0.3 is 30.3 Å². The van der Waals surface area contributed by atoms with Crippen LogP contribution in [0.3, 0.4) is 0 Å². The Balaban J connectivity index is 1.59. The van der Waals surface area contributed by atoms with Crippen LogP contribution < -0.4 is 15.4 Å². The largest absolute Gasteiger partial charge is 0.508 e. The molecule has 0 spiro atoms. The van der Waals surface area contributed by atoms with Gasteiger partial charge in [-0.15, -0.1) is 0 Å². The summed E-state index contributed by atoms with van der Waals surface area (Å²) in [5.41, 5.74) is 1.25. The lowest BCUT2D eigenvalue weighted by molar-refractivity contribution is 0.0600. The van der Waals surface area contributed by atoms with Crippen molar-refractivity contribution in [2.45, 2.75) is 43.9 Å². The molecule has 0 radical (unpaired) electrons. The molecule has 1 aromatic heterocycles. The smallest absolute Gasteiger partial charge is 0.339 e. The van der Waals surface area contributed by atoms with Gasteiger partial charge in [0.15, 0.2) is 0 Å². The fourth-order valence-corrected chi connectivity index (χ4v) is 3.70. The highest BCUT2D eigenvalue weighted by Crippen LogP contribution is 2.17. The molecule has 2 unspecified atom stereocenters. The number of aliphatic hydroxyl groups is 1. The SMILES string of the molecule is COC(=O)c1ccc(CC(CC(O)COc2ccc(O)cc2)NC2CCNCC2)nc1. The second kappa shape index (κ2) is 11.6. The number of methoxy groups -OCH3 is 1. The van der Waals surface area contributed by atoms with Gasteiger partial charge >= 0.3 is 5.97 Å². The fraction of sp³-hybridized carbons (Fsp3) is 0.478. The average molecular weight is 430 g/mol. The molecule has 1 saturated heterocycles. The Morgan fingerprint density at radius 3 is 2.61 bits per heavy atom. The standard InChI is InChI=1S/C23H31N3O5/c1-30-23(29)16-2-3-18(25-14-16)12-19(26-17-8-10-24-11-9-17)13-21(28)15-31-22-6-4-20(27)5-7-22/h2-7,14,17,19,21,24,26-28H,8-13,15H2,1H3. The lowest BCUT2D eigenvalue weighted by atomic mass is 9.99. The number of nitrogens with one attached hydrogen (secondary N) is 2. The number of aliphatic hydroxyl groups excluding tert-OH is 1. The van der Waals surface area contributed by atoms with E-state index in [9.17, 15) is 15.0 Å². The maximum absolute atomic E-state index is 11.6. The van der Waals surface area contributed by atoms with Crippen LogP contribution in [-0.2, 0) is 11.2 Å². The molecule has 1 fully saturated rings. The number of carbonyl (C=O) groups excluding carboxylic acids is 1. The minimum atomic E-state index is -0.664. The van der Waals surface area contributed by atoms with Gasteiger partial charge in [0.2, 0.25) is 0 Å². The van der Waals surface area contributed by atoms with E-state index in [0.29, 0.717) is 30.2 Å². The van der Waals surface area contributed by atoms with Gasteiger partial charge in [0.1, 0.15) is 18.1 Å². The summed E-state index contributed by atoms with van der Waals surface area (Å²) in [6.07, 6.45) is 4.05. The van der Waals surface area contributed by atoms with Crippen LogP contribution >= 0.6 is 0 Å². The first-order valence-electron chi connectivity index (χ1n) is 10.6. The summed E-state index contributed by atoms with van der Waals surface area (Å²) >= 11 is 0. The zero-order valence-electron chi connectivity index (χ0n) is 17.8. The van der Waals surface area contributed by atoms with E-state index in [0.717, 1.165) is 31.6 Å². The van der Waals surface area contributed by atoms with Crippen molar-refractivity contribution in [2.24, 2.45) is 0 Å². The van der Waals surface area contributed by atoms with Gasteiger partial charge in [0.05, 0.1) is 18.8 Å². The Kier molecular flexibility index (Phi) is 8.63. The molecule has 8 nitrogen and oxygen atoms in total. The number of aromatic hydroxyl groups is 1. The quantitative estimate of drug-likeness (QED) is 0.422. The Bertz CT molecular complexity index is 807. The second-order valence-electron chi connectivity index (χ2n) is 7.82. The van der Waals surface area contributed by atoms with Crippen LogP contribution in [-0.4, -0.2) is 66.2 Å². The number of hydrogen-bond donors (Lipinski definition) is 4. The van der Waals surface area contributed by atoms with E-state index in [-0.39, 0.29) is 18.4 Å². The van der Waals surface area contributed by atoms with Crippen molar-refractivity contribution in [3.63, 3.8) is 0 Å². The number of esters is 1. The number of carbonyl (C=O) groups is 1. The van der Waals surface area contributed by atoms with Crippen molar-refractivity contribution < 1.29 is 24.5 Å². The molecule has 1 aliphatic rings. The molecule has 8 heteroatoms. The van der Waals surface area contributed by atoms with Crippen molar-refractivity contribution in [2.75, 3.05) is 26.8 Å². The van der Waals surface area contributed by atoms with E-state index in [4.69, 9.17) is 9.47 Å². The number of pyridine rings is 1. The van der Waals surface area contributed by atoms with E-state index >= 15 is 0 Å². The zero-order chi connectivity index (χ0) is 22.1. The first kappa shape index (κ1) is 23.0. The van der Waals surface area contributed by atoms with Crippen molar-refractivity contribution >= 4 is 5.97 Å². The van der Waals surface area contributed by atoms with Crippen LogP contribution in [0.1, 0.15) is 35.3 Å². The summed E-state index contributed by atoms with van der Waals surface area (Å²) in [4.78, 5) is 16.0. The normalized spacial score (nSPS) is 16.5. The number of hydrogen-bond acceptors (Lipinski definition) is 8. The van der Waals surface area contributed by atoms with Gasteiger partial charge in [-0.25, -0.2) is 4.79 Å². The van der Waals surface area contributed by atoms with Crippen LogP contribution in [0.25, 0.3) is 0 Å². The molecule has 2 heterocycles. The van der Waals surface area contributed by atoms with Gasteiger partial charge in [0, 0.05) is 30.4 Å². The van der Waals surface area contributed by atoms with Crippen LogP contribution in [0, 0.1) is 0 Å². The molecule has 2 aromatic rings. The minimum absolute atomic E-state index is 0.0120. The van der Waals surface area contributed by atoms with Crippen molar-refractivity contribution in [1.82, 2.24) is 15.6 Å². The summed E-state index contributed by atoms with van der Waals surface area (Å²) in [7, 11) is 1.34. The molecule has 0 amide bonds. The van der Waals surface area contributed by atoms with E-state index in [1.165, 1.54) is 13.3 Å². The highest BCUT2D eigenvalue weighted by molar-refractivity contribution is 5.88. The van der Waals surface area contributed by atoms with Gasteiger partial charge in [0.25, 0.3) is 0 Å². The van der Waals surface area contributed by atoms with E-state index in [1.807, 2.05) is 6.07 Å². The van der Waals surface area contributed by atoms with E-state index in [1.54, 1.807) is 30.3 Å². The molecular weight excluding hydrogens is 398 g/mol. The number of piperidine rings is 1. The first-order valence-corrected chi connectivity index (χ1v) is 10.6. The van der Waals surface area contributed by atoms with Gasteiger partial charge in [-0.3, -0.25) is 4.98 Å². The Morgan fingerprint density at radius 1 is 1.23 bits per heavy atom. The van der Waals surface area contributed by atoms with E-state index < -0.39 is 12.1 Å². The maximum atomic E-state index is 11.6. The molecule has 0 bridgehead atoms. The van der Waals surface area contributed by atoms with Crippen molar-refractivity contribution in [3.05, 3.63) is 53.9 Å². The number of rotatable bonds is 10. The average Bonchev–Trinajstić information content (AvgIpc) is 2.79. The summed E-state index contributed by atoms with van der Waals surface area (Å²) in [6, 6.07) is 10.4. The Morgan fingerprint density at radius 2 is 1.97 bits per heavy atom. The number of benzene rings is 1. The topological polar surface area (TPSA) is 113 Å². The van der Waals surface area contributed by atoms with Crippen molar-refractivity contribution in [1.29, 1.82) is 0 Å². The monoisotopic (exact) mass is 429 g/mol. The number of phenols is 1. The number of phenolic OH excluding ortho intramolecular Hbond substituents is 1. The van der Waals surface area contributed by atoms with Gasteiger partial charge in [-0.05, 0) is 68.8 Å². The number of ether oxygens (including phenoxy) is 2. The van der Waals surface area contributed by atoms with Crippen molar-refractivity contribution in [3.8, 4) is 11.5 Å². The van der Waals surface area contributed by atoms with Gasteiger partial charge in [-0.2, -0.15) is 0 Å². The predicted octanol–water partition coefficient (Wildman–Crippen LogP) is 1.66. The molecule has 1 aliphatic heterocycles. The molecule has 31 heavy (non-hydrogen) atoms. The molecule has 0 saturated carbocycles. The molecule has 4 N–H and O–H groups in total. The summed E-state index contributed by atoms with van der Waals surface area (Å²) in [6.45, 7) is 2.11. The third-order valence-electron chi connectivity index (χ3n) is 5.35. The van der Waals surface area contributed by atoms with Crippen LogP contribution in [0.15, 0.2) is 42.6 Å². The highest BCUT2D eigenvalue weighted by atomic mass is 16.5. The summed E-state index contributed by atoms with van der Waals surface area (Å²) in [5, 5.41) is 27.0. The number of nitrogens with zero attached hydrogens (tertiary/aromatic N) is 1. The highest BCUT2D eigenvalue weighted by Gasteiger charge is 2.22. The minimum Gasteiger partial charge on any atom is -0.508 e. The predicted molar refractivity (Wildman–Crippen MR) is 116 cm³/mol. The van der Waals surface area contributed by atoms with Crippen LogP contribution in [0.5, 0.6) is 11.5 Å².